The van der Waals surface area contributed by atoms with Crippen molar-refractivity contribution in [3.8, 4) is 0 Å². The van der Waals surface area contributed by atoms with Gasteiger partial charge in [-0.25, -0.2) is 4.98 Å². The van der Waals surface area contributed by atoms with Gasteiger partial charge in [0.2, 0.25) is 0 Å². The third-order valence-electron chi connectivity index (χ3n) is 2.57. The average Bonchev–Trinajstić information content (AvgIpc) is 2.42. The quantitative estimate of drug-likeness (QED) is 0.806. The molecule has 0 bridgehead atoms. The van der Waals surface area contributed by atoms with E-state index in [1.807, 2.05) is 31.2 Å². The monoisotopic (exact) mass is 309 g/mol. The van der Waals surface area contributed by atoms with Gasteiger partial charge in [-0.1, -0.05) is 24.6 Å². The molecule has 4 nitrogen and oxygen atoms in total. The van der Waals surface area contributed by atoms with Crippen LogP contribution in [0.1, 0.15) is 18.4 Å². The summed E-state index contributed by atoms with van der Waals surface area (Å²) in [7, 11) is 0. The van der Waals surface area contributed by atoms with E-state index in [2.05, 4.69) is 15.3 Å². The number of hydrogen-bond acceptors (Lipinski definition) is 4. The Labute approximate surface area is 127 Å². The molecule has 2 rings (SSSR count). The summed E-state index contributed by atoms with van der Waals surface area (Å²) in [6, 6.07) is 9.14. The van der Waals surface area contributed by atoms with Gasteiger partial charge >= 0.3 is 0 Å². The van der Waals surface area contributed by atoms with E-state index in [0.29, 0.717) is 23.1 Å². The fourth-order valence-corrected chi connectivity index (χ4v) is 2.76. The van der Waals surface area contributed by atoms with Gasteiger partial charge < -0.3 is 10.3 Å². The zero-order valence-electron chi connectivity index (χ0n) is 11.1. The molecule has 1 heterocycles. The number of nitrogens with zero attached hydrogens (tertiary/aromatic N) is 1. The zero-order chi connectivity index (χ0) is 14.4. The van der Waals surface area contributed by atoms with Crippen molar-refractivity contribution in [2.45, 2.75) is 24.1 Å². The summed E-state index contributed by atoms with van der Waals surface area (Å²) in [6.45, 7) is 3.47. The fraction of sp³-hybridized carbons (Fsp3) is 0.286. The normalized spacial score (nSPS) is 10.7. The predicted octanol–water partition coefficient (Wildman–Crippen LogP) is 2.83. The van der Waals surface area contributed by atoms with Gasteiger partial charge in [0.05, 0.1) is 11.4 Å². The minimum Gasteiger partial charge on any atom is -0.311 e. The standard InChI is InChI=1S/C14H16ClN3OS/c1-2-16-8-11-7-14(19)18-13(17-11)9-20-12-5-3-4-10(15)6-12/h3-7,16H,2,8-9H2,1H3,(H,17,18,19). The van der Waals surface area contributed by atoms with Crippen LogP contribution in [0.25, 0.3) is 0 Å². The molecule has 0 atom stereocenters. The highest BCUT2D eigenvalue weighted by molar-refractivity contribution is 7.98. The Morgan fingerprint density at radius 3 is 3.00 bits per heavy atom. The summed E-state index contributed by atoms with van der Waals surface area (Å²) >= 11 is 7.53. The Morgan fingerprint density at radius 1 is 1.40 bits per heavy atom. The van der Waals surface area contributed by atoms with Gasteiger partial charge in [-0.15, -0.1) is 11.8 Å². The van der Waals surface area contributed by atoms with Gasteiger partial charge in [0, 0.05) is 22.5 Å². The molecule has 0 amide bonds. The maximum atomic E-state index is 11.6. The molecule has 20 heavy (non-hydrogen) atoms. The molecule has 0 aliphatic rings. The van der Waals surface area contributed by atoms with Crippen LogP contribution in [0.3, 0.4) is 0 Å². The van der Waals surface area contributed by atoms with Crippen molar-refractivity contribution in [1.82, 2.24) is 15.3 Å². The Hall–Kier alpha value is -1.30. The van der Waals surface area contributed by atoms with Gasteiger partial charge in [0.1, 0.15) is 5.82 Å². The van der Waals surface area contributed by atoms with Crippen molar-refractivity contribution in [2.75, 3.05) is 6.54 Å². The molecular formula is C14H16ClN3OS. The number of H-pyrrole nitrogens is 1. The van der Waals surface area contributed by atoms with E-state index in [4.69, 9.17) is 11.6 Å². The molecule has 2 aromatic rings. The van der Waals surface area contributed by atoms with Crippen LogP contribution in [0.15, 0.2) is 40.0 Å². The number of hydrogen-bond donors (Lipinski definition) is 2. The minimum absolute atomic E-state index is 0.116. The highest BCUT2D eigenvalue weighted by Gasteiger charge is 2.03. The molecule has 0 unspecified atom stereocenters. The number of aromatic nitrogens is 2. The first-order valence-electron chi connectivity index (χ1n) is 6.35. The number of halogens is 1. The van der Waals surface area contributed by atoms with Crippen molar-refractivity contribution in [1.29, 1.82) is 0 Å². The molecule has 0 aliphatic carbocycles. The minimum atomic E-state index is -0.116. The van der Waals surface area contributed by atoms with E-state index in [0.717, 1.165) is 17.1 Å². The first kappa shape index (κ1) is 15.1. The second-order valence-electron chi connectivity index (χ2n) is 4.21. The summed E-state index contributed by atoms with van der Waals surface area (Å²) < 4.78 is 0. The van der Waals surface area contributed by atoms with Crippen LogP contribution in [-0.4, -0.2) is 16.5 Å². The lowest BCUT2D eigenvalue weighted by Crippen LogP contribution is -2.18. The molecule has 0 saturated heterocycles. The molecule has 0 spiro atoms. The molecule has 0 saturated carbocycles. The highest BCUT2D eigenvalue weighted by Crippen LogP contribution is 2.23. The van der Waals surface area contributed by atoms with Crippen molar-refractivity contribution >= 4 is 23.4 Å². The lowest BCUT2D eigenvalue weighted by atomic mass is 10.4. The molecule has 106 valence electrons. The van der Waals surface area contributed by atoms with Crippen molar-refractivity contribution in [2.24, 2.45) is 0 Å². The van der Waals surface area contributed by atoms with Crippen LogP contribution in [-0.2, 0) is 12.3 Å². The van der Waals surface area contributed by atoms with Crippen LogP contribution in [0, 0.1) is 0 Å². The van der Waals surface area contributed by atoms with Crippen molar-refractivity contribution in [3.63, 3.8) is 0 Å². The van der Waals surface area contributed by atoms with Gasteiger partial charge in [-0.2, -0.15) is 0 Å². The Bertz CT molecular complexity index is 630. The van der Waals surface area contributed by atoms with E-state index in [1.165, 1.54) is 6.07 Å². The Balaban J connectivity index is 2.05. The summed E-state index contributed by atoms with van der Waals surface area (Å²) in [5.41, 5.74) is 0.645. The van der Waals surface area contributed by atoms with Crippen molar-refractivity contribution in [3.05, 3.63) is 57.2 Å². The number of thioether (sulfide) groups is 1. The third kappa shape index (κ3) is 4.67. The fourth-order valence-electron chi connectivity index (χ4n) is 1.68. The van der Waals surface area contributed by atoms with Gasteiger partial charge in [0.25, 0.3) is 5.56 Å². The third-order valence-corrected chi connectivity index (χ3v) is 3.81. The average molecular weight is 310 g/mol. The van der Waals surface area contributed by atoms with E-state index in [1.54, 1.807) is 11.8 Å². The smallest absolute Gasteiger partial charge is 0.251 e. The van der Waals surface area contributed by atoms with Crippen LogP contribution in [0.4, 0.5) is 0 Å². The van der Waals surface area contributed by atoms with Crippen LogP contribution >= 0.6 is 23.4 Å². The summed E-state index contributed by atoms with van der Waals surface area (Å²) in [4.78, 5) is 19.8. The number of nitrogens with one attached hydrogen (secondary N) is 2. The van der Waals surface area contributed by atoms with Gasteiger partial charge in [-0.05, 0) is 24.7 Å². The molecule has 0 radical (unpaired) electrons. The highest BCUT2D eigenvalue weighted by atomic mass is 35.5. The SMILES string of the molecule is CCNCc1cc(=O)[nH]c(CSc2cccc(Cl)c2)n1. The second-order valence-corrected chi connectivity index (χ2v) is 5.69. The molecule has 2 N–H and O–H groups in total. The largest absolute Gasteiger partial charge is 0.311 e. The van der Waals surface area contributed by atoms with E-state index in [-0.39, 0.29) is 5.56 Å². The lowest BCUT2D eigenvalue weighted by molar-refractivity contribution is 0.702. The number of aromatic amines is 1. The van der Waals surface area contributed by atoms with Gasteiger partial charge in [-0.3, -0.25) is 4.79 Å². The number of benzene rings is 1. The maximum absolute atomic E-state index is 11.6. The second kappa shape index (κ2) is 7.47. The van der Waals surface area contributed by atoms with Crippen molar-refractivity contribution < 1.29 is 0 Å². The summed E-state index contributed by atoms with van der Waals surface area (Å²) in [6.07, 6.45) is 0. The molecular weight excluding hydrogens is 294 g/mol. The first-order valence-corrected chi connectivity index (χ1v) is 7.72. The molecule has 0 fully saturated rings. The Morgan fingerprint density at radius 2 is 2.25 bits per heavy atom. The van der Waals surface area contributed by atoms with Crippen LogP contribution in [0.5, 0.6) is 0 Å². The molecule has 6 heteroatoms. The first-order chi connectivity index (χ1) is 9.67. The number of rotatable bonds is 6. The van der Waals surface area contributed by atoms with Crippen LogP contribution in [0.2, 0.25) is 5.02 Å². The molecule has 1 aromatic heterocycles. The topological polar surface area (TPSA) is 57.8 Å². The molecule has 0 aliphatic heterocycles. The molecule has 1 aromatic carbocycles. The van der Waals surface area contributed by atoms with Crippen LogP contribution < -0.4 is 10.9 Å². The maximum Gasteiger partial charge on any atom is 0.251 e. The zero-order valence-corrected chi connectivity index (χ0v) is 12.7. The summed E-state index contributed by atoms with van der Waals surface area (Å²) in [5, 5.41) is 3.87. The Kier molecular flexibility index (Phi) is 5.64. The summed E-state index contributed by atoms with van der Waals surface area (Å²) in [5.74, 6) is 1.28. The van der Waals surface area contributed by atoms with E-state index >= 15 is 0 Å². The van der Waals surface area contributed by atoms with E-state index < -0.39 is 0 Å². The van der Waals surface area contributed by atoms with E-state index in [9.17, 15) is 4.79 Å². The van der Waals surface area contributed by atoms with Gasteiger partial charge in [0.15, 0.2) is 0 Å². The predicted molar refractivity (Wildman–Crippen MR) is 83.3 cm³/mol. The lowest BCUT2D eigenvalue weighted by Gasteiger charge is -2.05.